The Morgan fingerprint density at radius 2 is 2.18 bits per heavy atom. The number of aromatic nitrogens is 2. The van der Waals surface area contributed by atoms with E-state index in [9.17, 15) is 4.79 Å². The Balaban J connectivity index is 1.70. The highest BCUT2D eigenvalue weighted by atomic mass is 16.6. The predicted molar refractivity (Wildman–Crippen MR) is 82.8 cm³/mol. The molecule has 1 aromatic heterocycles. The highest BCUT2D eigenvalue weighted by Crippen LogP contribution is 2.20. The van der Waals surface area contributed by atoms with Gasteiger partial charge in [0.2, 0.25) is 6.10 Å². The molecule has 1 aliphatic heterocycles. The first kappa shape index (κ1) is 14.1. The second-order valence-electron chi connectivity index (χ2n) is 4.97. The molecule has 0 bridgehead atoms. The third-order valence-corrected chi connectivity index (χ3v) is 3.49. The lowest BCUT2D eigenvalue weighted by Gasteiger charge is -2.08. The molecule has 2 heterocycles. The fourth-order valence-corrected chi connectivity index (χ4v) is 2.29. The molecule has 1 amide bonds. The quantitative estimate of drug-likeness (QED) is 0.877. The van der Waals surface area contributed by atoms with E-state index in [0.29, 0.717) is 6.42 Å². The first-order valence-corrected chi connectivity index (χ1v) is 7.08. The van der Waals surface area contributed by atoms with Crippen LogP contribution in [0.15, 0.2) is 41.7 Å². The Morgan fingerprint density at radius 3 is 2.82 bits per heavy atom. The zero-order chi connectivity index (χ0) is 15.5. The van der Waals surface area contributed by atoms with E-state index in [0.717, 1.165) is 29.3 Å². The van der Waals surface area contributed by atoms with Crippen molar-refractivity contribution in [1.29, 1.82) is 0 Å². The van der Waals surface area contributed by atoms with Crippen LogP contribution in [0.2, 0.25) is 0 Å². The fourth-order valence-electron chi connectivity index (χ4n) is 2.29. The number of rotatable bonds is 5. The summed E-state index contributed by atoms with van der Waals surface area (Å²) >= 11 is 0. The molecule has 1 aromatic carbocycles. The Kier molecular flexibility index (Phi) is 3.78. The van der Waals surface area contributed by atoms with Crippen molar-refractivity contribution >= 4 is 23.1 Å². The molecule has 7 heteroatoms. The zero-order valence-electron chi connectivity index (χ0n) is 12.2. The van der Waals surface area contributed by atoms with Gasteiger partial charge in [0.25, 0.3) is 5.91 Å². The first-order chi connectivity index (χ1) is 10.7. The number of carbonyl (C=O) groups is 1. The van der Waals surface area contributed by atoms with Crippen LogP contribution in [0.3, 0.4) is 0 Å². The van der Waals surface area contributed by atoms with Crippen molar-refractivity contribution in [3.05, 3.63) is 42.1 Å². The van der Waals surface area contributed by atoms with Crippen LogP contribution in [0, 0.1) is 0 Å². The van der Waals surface area contributed by atoms with Gasteiger partial charge < -0.3 is 15.9 Å². The van der Waals surface area contributed by atoms with Crippen LogP contribution in [0.4, 0.5) is 11.5 Å². The summed E-state index contributed by atoms with van der Waals surface area (Å²) < 4.78 is 1.88. The van der Waals surface area contributed by atoms with E-state index in [1.165, 1.54) is 0 Å². The molecule has 3 rings (SSSR count). The summed E-state index contributed by atoms with van der Waals surface area (Å²) in [5, 5.41) is 11.4. The van der Waals surface area contributed by atoms with Gasteiger partial charge in [-0.15, -0.1) is 0 Å². The number of nitrogens with two attached hydrogens (primary N) is 1. The highest BCUT2D eigenvalue weighted by molar-refractivity contribution is 6.04. The Bertz CT molecular complexity index is 705. The van der Waals surface area contributed by atoms with Crippen LogP contribution in [0.5, 0.6) is 0 Å². The normalized spacial score (nSPS) is 17.0. The van der Waals surface area contributed by atoms with Crippen molar-refractivity contribution in [2.24, 2.45) is 10.9 Å². The van der Waals surface area contributed by atoms with Crippen LogP contribution < -0.4 is 11.1 Å². The van der Waals surface area contributed by atoms with E-state index in [1.807, 2.05) is 41.9 Å². The second-order valence-corrected chi connectivity index (χ2v) is 4.97. The smallest absolute Gasteiger partial charge is 0.261 e. The summed E-state index contributed by atoms with van der Waals surface area (Å²) in [6.45, 7) is 2.84. The summed E-state index contributed by atoms with van der Waals surface area (Å²) in [6, 6.07) is 9.68. The number of nitrogens with one attached hydrogen (secondary N) is 1. The molecule has 0 aliphatic carbocycles. The maximum absolute atomic E-state index is 11.1. The number of oxime groups is 1. The molecule has 1 unspecified atom stereocenters. The molecule has 3 N–H and O–H groups in total. The van der Waals surface area contributed by atoms with Gasteiger partial charge in [0, 0.05) is 24.7 Å². The van der Waals surface area contributed by atoms with Gasteiger partial charge in [-0.05, 0) is 24.6 Å². The van der Waals surface area contributed by atoms with E-state index >= 15 is 0 Å². The average Bonchev–Trinajstić information content (AvgIpc) is 3.17. The monoisotopic (exact) mass is 299 g/mol. The topological polar surface area (TPSA) is 94.5 Å². The number of anilines is 2. The van der Waals surface area contributed by atoms with Crippen LogP contribution in [0.25, 0.3) is 0 Å². The second kappa shape index (κ2) is 5.88. The van der Waals surface area contributed by atoms with Gasteiger partial charge in [-0.1, -0.05) is 17.3 Å². The molecule has 1 aliphatic rings. The highest BCUT2D eigenvalue weighted by Gasteiger charge is 2.26. The average molecular weight is 299 g/mol. The summed E-state index contributed by atoms with van der Waals surface area (Å²) in [6.07, 6.45) is 1.51. The van der Waals surface area contributed by atoms with Crippen molar-refractivity contribution in [3.8, 4) is 0 Å². The van der Waals surface area contributed by atoms with Crippen molar-refractivity contribution < 1.29 is 9.63 Å². The van der Waals surface area contributed by atoms with Crippen LogP contribution in [-0.4, -0.2) is 27.5 Å². The minimum absolute atomic E-state index is 0.407. The minimum atomic E-state index is -0.660. The lowest BCUT2D eigenvalue weighted by Crippen LogP contribution is -2.28. The van der Waals surface area contributed by atoms with Crippen LogP contribution in [-0.2, 0) is 16.2 Å². The molecule has 0 spiro atoms. The molecule has 114 valence electrons. The van der Waals surface area contributed by atoms with E-state index in [2.05, 4.69) is 15.6 Å². The van der Waals surface area contributed by atoms with Gasteiger partial charge in [0.15, 0.2) is 0 Å². The lowest BCUT2D eigenvalue weighted by atomic mass is 10.0. The number of primary amides is 1. The molecule has 0 radical (unpaired) electrons. The molecule has 0 saturated heterocycles. The molecule has 2 aromatic rings. The largest absolute Gasteiger partial charge is 0.382 e. The Hall–Kier alpha value is -2.83. The molecule has 1 atom stereocenters. The summed E-state index contributed by atoms with van der Waals surface area (Å²) in [5.41, 5.74) is 7.80. The third-order valence-electron chi connectivity index (χ3n) is 3.49. The van der Waals surface area contributed by atoms with E-state index in [4.69, 9.17) is 10.6 Å². The van der Waals surface area contributed by atoms with E-state index in [-0.39, 0.29) is 0 Å². The van der Waals surface area contributed by atoms with Crippen molar-refractivity contribution in [2.75, 3.05) is 5.32 Å². The van der Waals surface area contributed by atoms with Crippen molar-refractivity contribution in [1.82, 2.24) is 9.78 Å². The zero-order valence-corrected chi connectivity index (χ0v) is 12.2. The molecule has 22 heavy (non-hydrogen) atoms. The van der Waals surface area contributed by atoms with E-state index < -0.39 is 12.0 Å². The van der Waals surface area contributed by atoms with Gasteiger partial charge in [-0.3, -0.25) is 4.79 Å². The summed E-state index contributed by atoms with van der Waals surface area (Å²) in [5.74, 6) is 0.440. The SMILES string of the molecule is CCn1nccc1Nc1ccc(C2=NOC(C(N)=O)C2)cc1. The summed E-state index contributed by atoms with van der Waals surface area (Å²) in [4.78, 5) is 16.1. The standard InChI is InChI=1S/C15H17N5O2/c1-2-20-14(7-8-17-20)18-11-5-3-10(4-6-11)12-9-13(15(16)21)22-19-12/h3-8,13,18H,2,9H2,1H3,(H2,16,21). The maximum Gasteiger partial charge on any atom is 0.261 e. The number of amides is 1. The number of carbonyl (C=O) groups excluding carboxylic acids is 1. The van der Waals surface area contributed by atoms with Gasteiger partial charge in [-0.25, -0.2) is 4.68 Å². The van der Waals surface area contributed by atoms with E-state index in [1.54, 1.807) is 6.20 Å². The molecule has 0 fully saturated rings. The molecular formula is C15H17N5O2. The van der Waals surface area contributed by atoms with Crippen molar-refractivity contribution in [2.45, 2.75) is 26.0 Å². The lowest BCUT2D eigenvalue weighted by molar-refractivity contribution is -0.127. The van der Waals surface area contributed by atoms with Gasteiger partial charge in [0.05, 0.1) is 11.9 Å². The fraction of sp³-hybridized carbons (Fsp3) is 0.267. The van der Waals surface area contributed by atoms with Crippen molar-refractivity contribution in [3.63, 3.8) is 0 Å². The third kappa shape index (κ3) is 2.78. The Morgan fingerprint density at radius 1 is 1.41 bits per heavy atom. The molecular weight excluding hydrogens is 282 g/mol. The molecule has 7 nitrogen and oxygen atoms in total. The number of benzene rings is 1. The predicted octanol–water partition coefficient (Wildman–Crippen LogP) is 1.62. The Labute approximate surface area is 127 Å². The number of nitrogens with zero attached hydrogens (tertiary/aromatic N) is 3. The number of hydrogen-bond acceptors (Lipinski definition) is 5. The van der Waals surface area contributed by atoms with Gasteiger partial charge in [0.1, 0.15) is 5.82 Å². The number of aryl methyl sites for hydroxylation is 1. The van der Waals surface area contributed by atoms with Gasteiger partial charge >= 0.3 is 0 Å². The molecule has 0 saturated carbocycles. The first-order valence-electron chi connectivity index (χ1n) is 7.08. The van der Waals surface area contributed by atoms with Crippen LogP contribution >= 0.6 is 0 Å². The summed E-state index contributed by atoms with van der Waals surface area (Å²) in [7, 11) is 0. The van der Waals surface area contributed by atoms with Gasteiger partial charge in [-0.2, -0.15) is 5.10 Å². The number of hydrogen-bond donors (Lipinski definition) is 2. The minimum Gasteiger partial charge on any atom is -0.382 e. The van der Waals surface area contributed by atoms with Crippen LogP contribution in [0.1, 0.15) is 18.9 Å². The maximum atomic E-state index is 11.1.